The standard InChI is InChI=1S/C25H38O5.CH4O2/c1-15(2)23(24(26)27)19-10-12-20(13-11-19)30-25(28)17(4)21-7-5-6-18-9-8-16(3)29-14-22(18)21;1-3-2/h10-13,15-18,21-23,25,28H,5-9,14H2,1-4H3,(H,26,27);2H,1H3/t16?,17-,18?,21?,22?,23?,25?;/m1./s1. The Kier molecular flexibility index (Phi) is 11.1. The van der Waals surface area contributed by atoms with Crippen LogP contribution in [0.4, 0.5) is 0 Å². The zero-order chi connectivity index (χ0) is 24.5. The van der Waals surface area contributed by atoms with Gasteiger partial charge in [0.1, 0.15) is 5.75 Å². The Hall–Kier alpha value is -1.67. The molecule has 1 saturated carbocycles. The molecule has 1 aromatic carbocycles. The highest BCUT2D eigenvalue weighted by molar-refractivity contribution is 5.76. The maximum atomic E-state index is 11.5. The third-order valence-electron chi connectivity index (χ3n) is 7.34. The molecule has 7 nitrogen and oxygen atoms in total. The molecule has 0 spiro atoms. The molecule has 188 valence electrons. The fraction of sp³-hybridized carbons (Fsp3) is 0.731. The van der Waals surface area contributed by atoms with Crippen LogP contribution in [0.3, 0.4) is 0 Å². The number of carboxylic acids is 1. The first-order valence-electron chi connectivity index (χ1n) is 12.2. The quantitative estimate of drug-likeness (QED) is 0.289. The predicted molar refractivity (Wildman–Crippen MR) is 126 cm³/mol. The van der Waals surface area contributed by atoms with Gasteiger partial charge in [-0.1, -0.05) is 45.7 Å². The summed E-state index contributed by atoms with van der Waals surface area (Å²) in [5.74, 6) is 0.789. The topological polar surface area (TPSA) is 105 Å². The second-order valence-electron chi connectivity index (χ2n) is 9.92. The fourth-order valence-corrected chi connectivity index (χ4v) is 5.50. The molecule has 2 aliphatic rings. The summed E-state index contributed by atoms with van der Waals surface area (Å²) in [5.41, 5.74) is 0.757. The lowest BCUT2D eigenvalue weighted by Crippen LogP contribution is -2.40. The second-order valence-corrected chi connectivity index (χ2v) is 9.92. The first-order chi connectivity index (χ1) is 15.7. The van der Waals surface area contributed by atoms with E-state index >= 15 is 0 Å². The van der Waals surface area contributed by atoms with E-state index in [1.54, 1.807) is 24.3 Å². The monoisotopic (exact) mass is 466 g/mol. The van der Waals surface area contributed by atoms with E-state index in [1.807, 2.05) is 13.8 Å². The molecule has 2 fully saturated rings. The van der Waals surface area contributed by atoms with Gasteiger partial charge in [-0.3, -0.25) is 10.1 Å². The Labute approximate surface area is 198 Å². The maximum Gasteiger partial charge on any atom is 0.311 e. The first kappa shape index (κ1) is 27.6. The van der Waals surface area contributed by atoms with E-state index in [0.717, 1.165) is 25.0 Å². The van der Waals surface area contributed by atoms with E-state index in [4.69, 9.17) is 14.7 Å². The molecule has 33 heavy (non-hydrogen) atoms. The largest absolute Gasteiger partial charge is 0.481 e. The van der Waals surface area contributed by atoms with Crippen molar-refractivity contribution in [3.8, 4) is 5.75 Å². The number of benzene rings is 1. The van der Waals surface area contributed by atoms with Crippen molar-refractivity contribution in [2.75, 3.05) is 13.7 Å². The average molecular weight is 467 g/mol. The van der Waals surface area contributed by atoms with Crippen molar-refractivity contribution >= 4 is 5.97 Å². The van der Waals surface area contributed by atoms with Gasteiger partial charge in [0, 0.05) is 5.92 Å². The Morgan fingerprint density at radius 2 is 1.73 bits per heavy atom. The Morgan fingerprint density at radius 1 is 1.09 bits per heavy atom. The lowest BCUT2D eigenvalue weighted by atomic mass is 9.66. The number of carboxylic acid groups (broad SMARTS) is 1. The summed E-state index contributed by atoms with van der Waals surface area (Å²) >= 11 is 0. The van der Waals surface area contributed by atoms with Gasteiger partial charge in [0.15, 0.2) is 6.29 Å². The SMILES string of the molecule is CC1CCC2CCCC([C@@H](C)C(O)Oc3ccc(C(C(=O)O)C(C)C)cc3)C2CO1.COO. The fourth-order valence-electron chi connectivity index (χ4n) is 5.50. The highest BCUT2D eigenvalue weighted by Gasteiger charge is 2.40. The van der Waals surface area contributed by atoms with Gasteiger partial charge in [0.05, 0.1) is 25.7 Å². The van der Waals surface area contributed by atoms with Crippen LogP contribution in [-0.2, 0) is 14.4 Å². The third kappa shape index (κ3) is 7.67. The molecule has 1 aliphatic carbocycles. The van der Waals surface area contributed by atoms with E-state index in [2.05, 4.69) is 18.7 Å². The third-order valence-corrected chi connectivity index (χ3v) is 7.34. The number of rotatable bonds is 7. The lowest BCUT2D eigenvalue weighted by Gasteiger charge is -2.41. The number of aliphatic carboxylic acids is 1. The molecule has 6 unspecified atom stereocenters. The first-order valence-corrected chi connectivity index (χ1v) is 12.2. The van der Waals surface area contributed by atoms with E-state index in [9.17, 15) is 15.0 Å². The number of hydrogen-bond donors (Lipinski definition) is 3. The zero-order valence-corrected chi connectivity index (χ0v) is 20.6. The molecule has 1 aliphatic heterocycles. The van der Waals surface area contributed by atoms with Crippen molar-refractivity contribution in [1.82, 2.24) is 0 Å². The van der Waals surface area contributed by atoms with Crippen LogP contribution in [0.15, 0.2) is 24.3 Å². The van der Waals surface area contributed by atoms with Crippen molar-refractivity contribution in [2.24, 2.45) is 29.6 Å². The van der Waals surface area contributed by atoms with Gasteiger partial charge in [-0.25, -0.2) is 4.89 Å². The minimum absolute atomic E-state index is 0.00337. The van der Waals surface area contributed by atoms with Gasteiger partial charge in [0.25, 0.3) is 0 Å². The van der Waals surface area contributed by atoms with Crippen molar-refractivity contribution in [1.29, 1.82) is 0 Å². The van der Waals surface area contributed by atoms with Gasteiger partial charge in [-0.2, -0.15) is 0 Å². The number of hydrogen-bond acceptors (Lipinski definition) is 6. The van der Waals surface area contributed by atoms with Crippen LogP contribution in [0.5, 0.6) is 5.75 Å². The van der Waals surface area contributed by atoms with Gasteiger partial charge in [-0.15, -0.1) is 0 Å². The van der Waals surface area contributed by atoms with Crippen LogP contribution in [-0.4, -0.2) is 47.6 Å². The van der Waals surface area contributed by atoms with E-state index in [-0.39, 0.29) is 11.8 Å². The van der Waals surface area contributed by atoms with Crippen molar-refractivity contribution in [3.05, 3.63) is 29.8 Å². The summed E-state index contributed by atoms with van der Waals surface area (Å²) in [6.07, 6.45) is 5.36. The molecule has 3 N–H and O–H groups in total. The lowest BCUT2D eigenvalue weighted by molar-refractivity contribution is -0.214. The molecule has 0 radical (unpaired) electrons. The van der Waals surface area contributed by atoms with E-state index in [1.165, 1.54) is 26.4 Å². The highest BCUT2D eigenvalue weighted by atomic mass is 17.1. The summed E-state index contributed by atoms with van der Waals surface area (Å²) in [5, 5.41) is 27.4. The smallest absolute Gasteiger partial charge is 0.311 e. The molecule has 1 heterocycles. The molecular weight excluding hydrogens is 424 g/mol. The Bertz CT molecular complexity index is 705. The highest BCUT2D eigenvalue weighted by Crippen LogP contribution is 2.44. The van der Waals surface area contributed by atoms with Crippen LogP contribution in [0.25, 0.3) is 0 Å². The molecule has 0 amide bonds. The van der Waals surface area contributed by atoms with E-state index in [0.29, 0.717) is 29.6 Å². The predicted octanol–water partition coefficient (Wildman–Crippen LogP) is 5.18. The summed E-state index contributed by atoms with van der Waals surface area (Å²) in [6.45, 7) is 8.84. The zero-order valence-electron chi connectivity index (χ0n) is 20.6. The molecule has 3 rings (SSSR count). The molecular formula is C26H42O7. The average Bonchev–Trinajstić information content (AvgIpc) is 2.96. The van der Waals surface area contributed by atoms with Gasteiger partial charge >= 0.3 is 5.97 Å². The molecule has 7 heteroatoms. The van der Waals surface area contributed by atoms with Crippen LogP contribution in [0.2, 0.25) is 0 Å². The summed E-state index contributed by atoms with van der Waals surface area (Å²) in [7, 11) is 1.18. The van der Waals surface area contributed by atoms with Crippen molar-refractivity contribution in [2.45, 2.75) is 78.1 Å². The number of ether oxygens (including phenoxy) is 2. The minimum Gasteiger partial charge on any atom is -0.481 e. The summed E-state index contributed by atoms with van der Waals surface area (Å²) < 4.78 is 11.9. The number of carbonyl (C=O) groups is 1. The Balaban J connectivity index is 0.00000122. The van der Waals surface area contributed by atoms with Crippen LogP contribution in [0.1, 0.15) is 71.3 Å². The molecule has 7 atom stereocenters. The summed E-state index contributed by atoms with van der Waals surface area (Å²) in [6, 6.07) is 7.12. The summed E-state index contributed by atoms with van der Waals surface area (Å²) in [4.78, 5) is 14.8. The van der Waals surface area contributed by atoms with Crippen molar-refractivity contribution in [3.63, 3.8) is 0 Å². The Morgan fingerprint density at radius 3 is 2.30 bits per heavy atom. The normalized spacial score (nSPS) is 27.9. The molecule has 1 aromatic rings. The molecule has 1 saturated heterocycles. The number of aliphatic hydroxyl groups excluding tert-OH is 1. The van der Waals surface area contributed by atoms with Gasteiger partial charge < -0.3 is 19.7 Å². The van der Waals surface area contributed by atoms with Gasteiger partial charge in [0.2, 0.25) is 0 Å². The minimum atomic E-state index is -0.888. The molecule has 0 bridgehead atoms. The van der Waals surface area contributed by atoms with Crippen molar-refractivity contribution < 1.29 is 34.6 Å². The van der Waals surface area contributed by atoms with Gasteiger partial charge in [-0.05, 0) is 67.6 Å². The van der Waals surface area contributed by atoms with E-state index < -0.39 is 18.2 Å². The number of fused-ring (bicyclic) bond motifs is 1. The van der Waals surface area contributed by atoms with Crippen LogP contribution in [0, 0.1) is 29.6 Å². The second kappa shape index (κ2) is 13.3. The van der Waals surface area contributed by atoms with Crippen LogP contribution < -0.4 is 4.74 Å². The maximum absolute atomic E-state index is 11.5. The number of aliphatic hydroxyl groups is 1. The molecule has 0 aromatic heterocycles. The van der Waals surface area contributed by atoms with Crippen LogP contribution >= 0.6 is 0 Å².